The number of nitrogen functional groups attached to an aromatic ring is 1. The van der Waals surface area contributed by atoms with E-state index < -0.39 is 11.9 Å². The summed E-state index contributed by atoms with van der Waals surface area (Å²) in [5, 5.41) is 11.5. The van der Waals surface area contributed by atoms with Crippen molar-refractivity contribution >= 4 is 34.9 Å². The number of nitrogens with one attached hydrogen (secondary N) is 1. The van der Waals surface area contributed by atoms with Crippen molar-refractivity contribution in [1.82, 2.24) is 4.98 Å². The van der Waals surface area contributed by atoms with Gasteiger partial charge in [0.05, 0.1) is 22.0 Å². The number of rotatable bonds is 3. The molecule has 0 radical (unpaired) electrons. The molecular formula is C13H10ClN3O3. The molecule has 0 unspecified atom stereocenters. The van der Waals surface area contributed by atoms with Gasteiger partial charge in [0, 0.05) is 6.20 Å². The molecule has 1 amide bonds. The summed E-state index contributed by atoms with van der Waals surface area (Å²) in [6, 6.07) is 7.16. The lowest BCUT2D eigenvalue weighted by molar-refractivity contribution is 0.0696. The Bertz CT molecular complexity index is 688. The summed E-state index contributed by atoms with van der Waals surface area (Å²) in [6.45, 7) is 0. The normalized spacial score (nSPS) is 10.1. The number of amides is 1. The van der Waals surface area contributed by atoms with Crippen LogP contribution in [0.2, 0.25) is 5.02 Å². The second-order valence-corrected chi connectivity index (χ2v) is 4.30. The van der Waals surface area contributed by atoms with Crippen LogP contribution < -0.4 is 11.1 Å². The Labute approximate surface area is 119 Å². The van der Waals surface area contributed by atoms with Gasteiger partial charge >= 0.3 is 5.97 Å². The van der Waals surface area contributed by atoms with E-state index in [0.29, 0.717) is 0 Å². The molecule has 2 aromatic rings. The van der Waals surface area contributed by atoms with Crippen LogP contribution in [0, 0.1) is 0 Å². The number of aromatic carboxylic acids is 1. The first-order valence-corrected chi connectivity index (χ1v) is 5.91. The summed E-state index contributed by atoms with van der Waals surface area (Å²) >= 11 is 5.92. The number of hydrogen-bond donors (Lipinski definition) is 3. The molecule has 2 rings (SSSR count). The number of carbonyl (C=O) groups is 2. The molecule has 102 valence electrons. The van der Waals surface area contributed by atoms with E-state index in [1.165, 1.54) is 24.4 Å². The Kier molecular flexibility index (Phi) is 3.86. The molecule has 0 aliphatic rings. The Morgan fingerprint density at radius 2 is 2.05 bits per heavy atom. The lowest BCUT2D eigenvalue weighted by atomic mass is 10.2. The molecule has 0 aliphatic carbocycles. The average Bonchev–Trinajstić information content (AvgIpc) is 2.41. The monoisotopic (exact) mass is 291 g/mol. The van der Waals surface area contributed by atoms with Crippen LogP contribution in [0.3, 0.4) is 0 Å². The quantitative estimate of drug-likeness (QED) is 0.804. The van der Waals surface area contributed by atoms with Gasteiger partial charge in [-0.15, -0.1) is 0 Å². The molecule has 7 heteroatoms. The number of aromatic nitrogens is 1. The van der Waals surface area contributed by atoms with E-state index in [-0.39, 0.29) is 27.7 Å². The second-order valence-electron chi connectivity index (χ2n) is 3.90. The fraction of sp³-hybridized carbons (Fsp3) is 0. The zero-order valence-electron chi connectivity index (χ0n) is 10.1. The largest absolute Gasteiger partial charge is 0.478 e. The van der Waals surface area contributed by atoms with Crippen molar-refractivity contribution < 1.29 is 14.7 Å². The lowest BCUT2D eigenvalue weighted by Crippen LogP contribution is -2.16. The van der Waals surface area contributed by atoms with Gasteiger partial charge in [0.1, 0.15) is 0 Å². The predicted molar refractivity (Wildman–Crippen MR) is 75.0 cm³/mol. The highest BCUT2D eigenvalue weighted by molar-refractivity contribution is 6.34. The van der Waals surface area contributed by atoms with Gasteiger partial charge in [0.25, 0.3) is 5.91 Å². The van der Waals surface area contributed by atoms with Crippen LogP contribution in [-0.4, -0.2) is 22.0 Å². The minimum atomic E-state index is -1.10. The van der Waals surface area contributed by atoms with Gasteiger partial charge in [-0.1, -0.05) is 11.6 Å². The average molecular weight is 292 g/mol. The SMILES string of the molecule is Nc1cccnc1C(=O)Nc1ccc(C(=O)O)cc1Cl. The summed E-state index contributed by atoms with van der Waals surface area (Å²) in [5.41, 5.74) is 6.27. The van der Waals surface area contributed by atoms with Crippen LogP contribution in [0.25, 0.3) is 0 Å². The third-order valence-corrected chi connectivity index (χ3v) is 2.83. The number of hydrogen-bond acceptors (Lipinski definition) is 4. The maximum Gasteiger partial charge on any atom is 0.335 e. The number of nitrogens with two attached hydrogens (primary N) is 1. The molecule has 0 saturated carbocycles. The number of carboxylic acids is 1. The molecule has 0 atom stereocenters. The zero-order chi connectivity index (χ0) is 14.7. The number of pyridine rings is 1. The summed E-state index contributed by atoms with van der Waals surface area (Å²) < 4.78 is 0. The van der Waals surface area contributed by atoms with E-state index in [9.17, 15) is 9.59 Å². The van der Waals surface area contributed by atoms with Crippen LogP contribution in [0.4, 0.5) is 11.4 Å². The highest BCUT2D eigenvalue weighted by Gasteiger charge is 2.13. The number of benzene rings is 1. The van der Waals surface area contributed by atoms with Gasteiger partial charge < -0.3 is 16.2 Å². The molecule has 0 saturated heterocycles. The van der Waals surface area contributed by atoms with Gasteiger partial charge in [0.15, 0.2) is 5.69 Å². The minimum absolute atomic E-state index is 0.0327. The lowest BCUT2D eigenvalue weighted by Gasteiger charge is -2.08. The third-order valence-electron chi connectivity index (χ3n) is 2.52. The van der Waals surface area contributed by atoms with Crippen LogP contribution >= 0.6 is 11.6 Å². The summed E-state index contributed by atoms with van der Waals surface area (Å²) in [6.07, 6.45) is 1.44. The van der Waals surface area contributed by atoms with Crippen molar-refractivity contribution in [2.75, 3.05) is 11.1 Å². The van der Waals surface area contributed by atoms with Crippen molar-refractivity contribution in [2.24, 2.45) is 0 Å². The molecule has 0 aliphatic heterocycles. The first-order valence-electron chi connectivity index (χ1n) is 5.53. The maximum atomic E-state index is 12.0. The zero-order valence-corrected chi connectivity index (χ0v) is 10.9. The minimum Gasteiger partial charge on any atom is -0.478 e. The van der Waals surface area contributed by atoms with E-state index in [0.717, 1.165) is 0 Å². The fourth-order valence-corrected chi connectivity index (χ4v) is 1.77. The Morgan fingerprint density at radius 3 is 2.65 bits per heavy atom. The van der Waals surface area contributed by atoms with Crippen molar-refractivity contribution in [3.63, 3.8) is 0 Å². The van der Waals surface area contributed by atoms with Crippen LogP contribution in [0.1, 0.15) is 20.8 Å². The van der Waals surface area contributed by atoms with Gasteiger partial charge in [-0.05, 0) is 30.3 Å². The first kappa shape index (κ1) is 13.8. The standard InChI is InChI=1S/C13H10ClN3O3/c14-8-6-7(13(19)20)3-4-10(8)17-12(18)11-9(15)2-1-5-16-11/h1-6H,15H2,(H,17,18)(H,19,20). The van der Waals surface area contributed by atoms with E-state index >= 15 is 0 Å². The number of halogens is 1. The molecule has 20 heavy (non-hydrogen) atoms. The molecule has 0 spiro atoms. The molecular weight excluding hydrogens is 282 g/mol. The van der Waals surface area contributed by atoms with Crippen molar-refractivity contribution in [3.8, 4) is 0 Å². The molecule has 6 nitrogen and oxygen atoms in total. The fourth-order valence-electron chi connectivity index (χ4n) is 1.54. The van der Waals surface area contributed by atoms with Crippen LogP contribution in [0.5, 0.6) is 0 Å². The number of nitrogens with zero attached hydrogens (tertiary/aromatic N) is 1. The van der Waals surface area contributed by atoms with E-state index in [4.69, 9.17) is 22.4 Å². The van der Waals surface area contributed by atoms with E-state index in [1.807, 2.05) is 0 Å². The number of anilines is 2. The molecule has 4 N–H and O–H groups in total. The van der Waals surface area contributed by atoms with Crippen molar-refractivity contribution in [2.45, 2.75) is 0 Å². The Hall–Kier alpha value is -2.60. The van der Waals surface area contributed by atoms with E-state index in [2.05, 4.69) is 10.3 Å². The topological polar surface area (TPSA) is 105 Å². The molecule has 1 aromatic heterocycles. The maximum absolute atomic E-state index is 12.0. The predicted octanol–water partition coefficient (Wildman–Crippen LogP) is 2.27. The molecule has 1 heterocycles. The summed E-state index contributed by atoms with van der Waals surface area (Å²) in [7, 11) is 0. The van der Waals surface area contributed by atoms with Crippen LogP contribution in [-0.2, 0) is 0 Å². The van der Waals surface area contributed by atoms with Crippen LogP contribution in [0.15, 0.2) is 36.5 Å². The van der Waals surface area contributed by atoms with Crippen molar-refractivity contribution in [1.29, 1.82) is 0 Å². The highest BCUT2D eigenvalue weighted by Crippen LogP contribution is 2.24. The number of carbonyl (C=O) groups excluding carboxylic acids is 1. The molecule has 0 fully saturated rings. The summed E-state index contributed by atoms with van der Waals surface area (Å²) in [4.78, 5) is 26.6. The third kappa shape index (κ3) is 2.86. The Balaban J connectivity index is 2.25. The van der Waals surface area contributed by atoms with Crippen molar-refractivity contribution in [3.05, 3.63) is 52.8 Å². The smallest absolute Gasteiger partial charge is 0.335 e. The molecule has 1 aromatic carbocycles. The second kappa shape index (κ2) is 5.58. The number of carboxylic acid groups (broad SMARTS) is 1. The molecule has 0 bridgehead atoms. The first-order chi connectivity index (χ1) is 9.49. The van der Waals surface area contributed by atoms with Gasteiger partial charge in [0.2, 0.25) is 0 Å². The highest BCUT2D eigenvalue weighted by atomic mass is 35.5. The van der Waals surface area contributed by atoms with Gasteiger partial charge in [-0.2, -0.15) is 0 Å². The summed E-state index contributed by atoms with van der Waals surface area (Å²) in [5.74, 6) is -1.62. The van der Waals surface area contributed by atoms with Gasteiger partial charge in [-0.25, -0.2) is 9.78 Å². The van der Waals surface area contributed by atoms with Gasteiger partial charge in [-0.3, -0.25) is 4.79 Å². The Morgan fingerprint density at radius 1 is 1.30 bits per heavy atom. The van der Waals surface area contributed by atoms with E-state index in [1.54, 1.807) is 12.1 Å².